The van der Waals surface area contributed by atoms with Gasteiger partial charge in [-0.15, -0.1) is 0 Å². The second-order valence-corrected chi connectivity index (χ2v) is 5.73. The van der Waals surface area contributed by atoms with Crippen molar-refractivity contribution in [1.29, 1.82) is 0 Å². The van der Waals surface area contributed by atoms with Gasteiger partial charge >= 0.3 is 0 Å². The highest BCUT2D eigenvalue weighted by Crippen LogP contribution is 2.31. The molecule has 0 N–H and O–H groups in total. The molecule has 1 unspecified atom stereocenters. The Kier molecular flexibility index (Phi) is 4.00. The van der Waals surface area contributed by atoms with Crippen molar-refractivity contribution in [2.45, 2.75) is 59.4 Å². The SMILES string of the molecule is CC(C)C(C)C(C)(C)N1CCCCC1. The van der Waals surface area contributed by atoms with E-state index in [9.17, 15) is 0 Å². The standard InChI is InChI=1S/C13H27N/c1-11(2)12(3)13(4,5)14-9-7-6-8-10-14/h11-12H,6-10H2,1-5H3. The van der Waals surface area contributed by atoms with Crippen molar-refractivity contribution >= 4 is 0 Å². The summed E-state index contributed by atoms with van der Waals surface area (Å²) in [5.74, 6) is 1.56. The Morgan fingerprint density at radius 3 is 1.86 bits per heavy atom. The maximum Gasteiger partial charge on any atom is 0.0181 e. The maximum absolute atomic E-state index is 2.70. The van der Waals surface area contributed by atoms with Gasteiger partial charge in [-0.05, 0) is 51.6 Å². The Balaban J connectivity index is 2.61. The lowest BCUT2D eigenvalue weighted by molar-refractivity contribution is 0.0335. The minimum absolute atomic E-state index is 0.384. The molecule has 0 bridgehead atoms. The van der Waals surface area contributed by atoms with Gasteiger partial charge in [-0.1, -0.05) is 27.2 Å². The van der Waals surface area contributed by atoms with E-state index in [0.29, 0.717) is 5.54 Å². The van der Waals surface area contributed by atoms with Crippen LogP contribution in [0.4, 0.5) is 0 Å². The van der Waals surface area contributed by atoms with E-state index in [-0.39, 0.29) is 0 Å². The van der Waals surface area contributed by atoms with Crippen molar-refractivity contribution in [2.75, 3.05) is 13.1 Å². The molecule has 1 fully saturated rings. The topological polar surface area (TPSA) is 3.24 Å². The van der Waals surface area contributed by atoms with Gasteiger partial charge in [0.2, 0.25) is 0 Å². The first kappa shape index (κ1) is 12.0. The third kappa shape index (κ3) is 2.50. The molecule has 0 amide bonds. The van der Waals surface area contributed by atoms with Crippen molar-refractivity contribution < 1.29 is 0 Å². The monoisotopic (exact) mass is 197 g/mol. The first-order valence-corrected chi connectivity index (χ1v) is 6.21. The molecule has 1 aliphatic rings. The first-order chi connectivity index (χ1) is 6.46. The molecule has 14 heavy (non-hydrogen) atoms. The summed E-state index contributed by atoms with van der Waals surface area (Å²) < 4.78 is 0. The summed E-state index contributed by atoms with van der Waals surface area (Å²) in [6.45, 7) is 14.5. The number of rotatable bonds is 3. The number of hydrogen-bond acceptors (Lipinski definition) is 1. The fourth-order valence-corrected chi connectivity index (χ4v) is 2.57. The zero-order valence-corrected chi connectivity index (χ0v) is 10.6. The largest absolute Gasteiger partial charge is 0.298 e. The molecule has 0 spiro atoms. The molecule has 84 valence electrons. The second-order valence-electron chi connectivity index (χ2n) is 5.73. The highest BCUT2D eigenvalue weighted by molar-refractivity contribution is 4.89. The summed E-state index contributed by atoms with van der Waals surface area (Å²) in [6.07, 6.45) is 4.23. The molecular formula is C13H27N. The number of hydrogen-bond donors (Lipinski definition) is 0. The van der Waals surface area contributed by atoms with E-state index >= 15 is 0 Å². The predicted molar refractivity (Wildman–Crippen MR) is 63.5 cm³/mol. The van der Waals surface area contributed by atoms with E-state index in [1.54, 1.807) is 0 Å². The van der Waals surface area contributed by atoms with Crippen LogP contribution in [0.5, 0.6) is 0 Å². The van der Waals surface area contributed by atoms with Crippen LogP contribution in [0, 0.1) is 11.8 Å². The zero-order valence-electron chi connectivity index (χ0n) is 10.6. The summed E-state index contributed by atoms with van der Waals surface area (Å²) in [5.41, 5.74) is 0.384. The molecule has 0 radical (unpaired) electrons. The summed E-state index contributed by atoms with van der Waals surface area (Å²) >= 11 is 0. The smallest absolute Gasteiger partial charge is 0.0181 e. The zero-order chi connectivity index (χ0) is 10.8. The molecule has 0 aliphatic carbocycles. The minimum Gasteiger partial charge on any atom is -0.298 e. The molecule has 0 saturated carbocycles. The van der Waals surface area contributed by atoms with Crippen LogP contribution in [0.15, 0.2) is 0 Å². The molecule has 1 aliphatic heterocycles. The van der Waals surface area contributed by atoms with E-state index in [1.807, 2.05) is 0 Å². The Morgan fingerprint density at radius 2 is 1.43 bits per heavy atom. The third-order valence-corrected chi connectivity index (χ3v) is 4.29. The fraction of sp³-hybridized carbons (Fsp3) is 1.00. The Hall–Kier alpha value is -0.0400. The normalized spacial score (nSPS) is 22.7. The lowest BCUT2D eigenvalue weighted by Crippen LogP contribution is -2.52. The lowest BCUT2D eigenvalue weighted by atomic mass is 9.79. The van der Waals surface area contributed by atoms with E-state index in [4.69, 9.17) is 0 Å². The molecular weight excluding hydrogens is 170 g/mol. The van der Waals surface area contributed by atoms with Gasteiger partial charge in [0.1, 0.15) is 0 Å². The average molecular weight is 197 g/mol. The Labute approximate surface area is 89.9 Å². The summed E-state index contributed by atoms with van der Waals surface area (Å²) in [5, 5.41) is 0. The van der Waals surface area contributed by atoms with Crippen molar-refractivity contribution in [3.63, 3.8) is 0 Å². The minimum atomic E-state index is 0.384. The van der Waals surface area contributed by atoms with Gasteiger partial charge in [0.15, 0.2) is 0 Å². The highest BCUT2D eigenvalue weighted by Gasteiger charge is 2.34. The summed E-state index contributed by atoms with van der Waals surface area (Å²) in [6, 6.07) is 0. The molecule has 1 heteroatoms. The molecule has 1 atom stereocenters. The maximum atomic E-state index is 2.70. The quantitative estimate of drug-likeness (QED) is 0.669. The van der Waals surface area contributed by atoms with Gasteiger partial charge < -0.3 is 0 Å². The number of nitrogens with zero attached hydrogens (tertiary/aromatic N) is 1. The second kappa shape index (κ2) is 4.65. The van der Waals surface area contributed by atoms with Gasteiger partial charge in [0.25, 0.3) is 0 Å². The Morgan fingerprint density at radius 1 is 0.929 bits per heavy atom. The van der Waals surface area contributed by atoms with Gasteiger partial charge in [-0.3, -0.25) is 4.90 Å². The third-order valence-electron chi connectivity index (χ3n) is 4.29. The highest BCUT2D eigenvalue weighted by atomic mass is 15.2. The van der Waals surface area contributed by atoms with Crippen LogP contribution in [-0.2, 0) is 0 Å². The molecule has 0 aromatic carbocycles. The summed E-state index contributed by atoms with van der Waals surface area (Å²) in [4.78, 5) is 2.70. The molecule has 1 saturated heterocycles. The van der Waals surface area contributed by atoms with Gasteiger partial charge in [0, 0.05) is 5.54 Å². The van der Waals surface area contributed by atoms with E-state index < -0.39 is 0 Å². The van der Waals surface area contributed by atoms with E-state index in [1.165, 1.54) is 32.4 Å². The van der Waals surface area contributed by atoms with Crippen molar-refractivity contribution in [3.05, 3.63) is 0 Å². The molecule has 1 rings (SSSR count). The first-order valence-electron chi connectivity index (χ1n) is 6.21. The van der Waals surface area contributed by atoms with Gasteiger partial charge in [-0.25, -0.2) is 0 Å². The number of likely N-dealkylation sites (tertiary alicyclic amines) is 1. The molecule has 1 heterocycles. The fourth-order valence-electron chi connectivity index (χ4n) is 2.57. The van der Waals surface area contributed by atoms with Crippen LogP contribution >= 0.6 is 0 Å². The molecule has 0 aromatic heterocycles. The van der Waals surface area contributed by atoms with Crippen LogP contribution in [-0.4, -0.2) is 23.5 Å². The van der Waals surface area contributed by atoms with Gasteiger partial charge in [0.05, 0.1) is 0 Å². The van der Waals surface area contributed by atoms with Crippen LogP contribution in [0.2, 0.25) is 0 Å². The van der Waals surface area contributed by atoms with Crippen LogP contribution in [0.3, 0.4) is 0 Å². The van der Waals surface area contributed by atoms with Crippen LogP contribution in [0.1, 0.15) is 53.9 Å². The van der Waals surface area contributed by atoms with E-state index in [2.05, 4.69) is 39.5 Å². The molecule has 1 nitrogen and oxygen atoms in total. The number of piperidine rings is 1. The lowest BCUT2D eigenvalue weighted by Gasteiger charge is -2.46. The van der Waals surface area contributed by atoms with Crippen molar-refractivity contribution in [1.82, 2.24) is 4.90 Å². The average Bonchev–Trinajstić information content (AvgIpc) is 2.18. The van der Waals surface area contributed by atoms with Crippen LogP contribution < -0.4 is 0 Å². The van der Waals surface area contributed by atoms with Crippen molar-refractivity contribution in [3.8, 4) is 0 Å². The Bertz CT molecular complexity index is 166. The van der Waals surface area contributed by atoms with E-state index in [0.717, 1.165) is 11.8 Å². The predicted octanol–water partition coefficient (Wildman–Crippen LogP) is 3.54. The van der Waals surface area contributed by atoms with Crippen LogP contribution in [0.25, 0.3) is 0 Å². The summed E-state index contributed by atoms with van der Waals surface area (Å²) in [7, 11) is 0. The molecule has 0 aromatic rings. The van der Waals surface area contributed by atoms with Gasteiger partial charge in [-0.2, -0.15) is 0 Å². The van der Waals surface area contributed by atoms with Crippen molar-refractivity contribution in [2.24, 2.45) is 11.8 Å².